The Kier molecular flexibility index (Phi) is 5.22. The minimum atomic E-state index is -3.87. The fraction of sp³-hybridized carbons (Fsp3) is 0.150. The standard InChI is InChI=1S/C20H19N7O4S/c1-12-11-23-17-15(18(28)27(3)20(29)26(17)2)16(12)24-13-5-7-14(8-6-13)32(30,31)25-19-21-9-4-10-22-19/h4-11H,1-3H3,(H,23,24)(H,21,22,25). The number of benzene rings is 1. The van der Waals surface area contributed by atoms with Crippen molar-refractivity contribution in [2.24, 2.45) is 14.1 Å². The van der Waals surface area contributed by atoms with E-state index in [9.17, 15) is 18.0 Å². The fourth-order valence-corrected chi connectivity index (χ4v) is 4.13. The van der Waals surface area contributed by atoms with E-state index in [0.717, 1.165) is 4.57 Å². The summed E-state index contributed by atoms with van der Waals surface area (Å²) in [6.07, 6.45) is 4.42. The molecular formula is C20H19N7O4S. The van der Waals surface area contributed by atoms with Gasteiger partial charge in [0.15, 0.2) is 5.65 Å². The summed E-state index contributed by atoms with van der Waals surface area (Å²) in [5, 5.41) is 3.41. The molecule has 1 aromatic carbocycles. The molecule has 0 saturated carbocycles. The van der Waals surface area contributed by atoms with E-state index in [4.69, 9.17) is 0 Å². The van der Waals surface area contributed by atoms with Gasteiger partial charge in [0.2, 0.25) is 5.95 Å². The normalized spacial score (nSPS) is 11.5. The minimum absolute atomic E-state index is 0.0186. The van der Waals surface area contributed by atoms with E-state index in [1.165, 1.54) is 36.1 Å². The average Bonchev–Trinajstić information content (AvgIpc) is 2.78. The number of rotatable bonds is 5. The highest BCUT2D eigenvalue weighted by atomic mass is 32.2. The van der Waals surface area contributed by atoms with Crippen molar-refractivity contribution in [3.05, 3.63) is 75.3 Å². The van der Waals surface area contributed by atoms with Crippen LogP contribution in [0.15, 0.2) is 63.4 Å². The van der Waals surface area contributed by atoms with E-state index in [-0.39, 0.29) is 21.9 Å². The quantitative estimate of drug-likeness (QED) is 0.460. The monoisotopic (exact) mass is 453 g/mol. The lowest BCUT2D eigenvalue weighted by Gasteiger charge is -2.15. The summed E-state index contributed by atoms with van der Waals surface area (Å²) in [5.41, 5.74) is 1.01. The van der Waals surface area contributed by atoms with Crippen molar-refractivity contribution in [2.75, 3.05) is 10.0 Å². The zero-order valence-electron chi connectivity index (χ0n) is 17.4. The maximum Gasteiger partial charge on any atom is 0.332 e. The molecule has 0 bridgehead atoms. The summed E-state index contributed by atoms with van der Waals surface area (Å²) in [6.45, 7) is 1.78. The topological polar surface area (TPSA) is 141 Å². The number of hydrogen-bond acceptors (Lipinski definition) is 8. The molecule has 0 atom stereocenters. The number of nitrogens with zero attached hydrogens (tertiary/aromatic N) is 5. The molecule has 3 aromatic heterocycles. The van der Waals surface area contributed by atoms with Crippen LogP contribution in [0.3, 0.4) is 0 Å². The second kappa shape index (κ2) is 7.89. The number of fused-ring (bicyclic) bond motifs is 1. The molecule has 4 rings (SSSR count). The first-order chi connectivity index (χ1) is 15.2. The van der Waals surface area contributed by atoms with Gasteiger partial charge in [-0.2, -0.15) is 0 Å². The summed E-state index contributed by atoms with van der Waals surface area (Å²) in [6, 6.07) is 7.55. The van der Waals surface area contributed by atoms with Gasteiger partial charge >= 0.3 is 5.69 Å². The number of aromatic nitrogens is 5. The maximum atomic E-state index is 12.8. The number of pyridine rings is 1. The number of hydrogen-bond donors (Lipinski definition) is 2. The third-order valence-corrected chi connectivity index (χ3v) is 6.23. The van der Waals surface area contributed by atoms with E-state index in [1.807, 2.05) is 0 Å². The lowest BCUT2D eigenvalue weighted by atomic mass is 10.1. The van der Waals surface area contributed by atoms with Crippen LogP contribution < -0.4 is 21.3 Å². The number of anilines is 3. The summed E-state index contributed by atoms with van der Waals surface area (Å²) in [7, 11) is -0.930. The van der Waals surface area contributed by atoms with Crippen molar-refractivity contribution < 1.29 is 8.42 Å². The minimum Gasteiger partial charge on any atom is -0.354 e. The van der Waals surface area contributed by atoms with Gasteiger partial charge in [-0.15, -0.1) is 0 Å². The third kappa shape index (κ3) is 3.71. The lowest BCUT2D eigenvalue weighted by molar-refractivity contribution is 0.601. The van der Waals surface area contributed by atoms with Gasteiger partial charge in [-0.05, 0) is 42.8 Å². The smallest absolute Gasteiger partial charge is 0.332 e. The van der Waals surface area contributed by atoms with Gasteiger partial charge in [0.25, 0.3) is 15.6 Å². The lowest BCUT2D eigenvalue weighted by Crippen LogP contribution is -2.37. The van der Waals surface area contributed by atoms with Gasteiger partial charge in [-0.1, -0.05) is 0 Å². The molecular weight excluding hydrogens is 434 g/mol. The van der Waals surface area contributed by atoms with Crippen LogP contribution in [-0.4, -0.2) is 32.5 Å². The Hall–Kier alpha value is -4.06. The van der Waals surface area contributed by atoms with E-state index in [1.54, 1.807) is 38.4 Å². The van der Waals surface area contributed by atoms with E-state index < -0.39 is 21.3 Å². The molecule has 0 aliphatic heterocycles. The number of aryl methyl sites for hydroxylation is 2. The Morgan fingerprint density at radius 3 is 2.25 bits per heavy atom. The molecule has 0 amide bonds. The van der Waals surface area contributed by atoms with E-state index >= 15 is 0 Å². The van der Waals surface area contributed by atoms with Crippen molar-refractivity contribution in [2.45, 2.75) is 11.8 Å². The Balaban J connectivity index is 1.71. The first kappa shape index (κ1) is 21.2. The molecule has 0 radical (unpaired) electrons. The van der Waals surface area contributed by atoms with Gasteiger partial charge < -0.3 is 5.32 Å². The molecule has 0 aliphatic rings. The van der Waals surface area contributed by atoms with Crippen LogP contribution in [0, 0.1) is 6.92 Å². The fourth-order valence-electron chi connectivity index (χ4n) is 3.18. The second-order valence-electron chi connectivity index (χ2n) is 7.05. The van der Waals surface area contributed by atoms with Crippen LogP contribution in [0.2, 0.25) is 0 Å². The molecule has 11 nitrogen and oxygen atoms in total. The van der Waals surface area contributed by atoms with Crippen molar-refractivity contribution in [3.63, 3.8) is 0 Å². The van der Waals surface area contributed by atoms with Gasteiger partial charge in [0.05, 0.1) is 10.6 Å². The molecule has 0 spiro atoms. The molecule has 0 aliphatic carbocycles. The average molecular weight is 453 g/mol. The number of sulfonamides is 1. The molecule has 2 N–H and O–H groups in total. The zero-order chi connectivity index (χ0) is 23.0. The summed E-state index contributed by atoms with van der Waals surface area (Å²) < 4.78 is 29.7. The van der Waals surface area contributed by atoms with Crippen molar-refractivity contribution in [1.82, 2.24) is 24.1 Å². The molecule has 0 saturated heterocycles. The number of nitrogens with one attached hydrogen (secondary N) is 2. The van der Waals surface area contributed by atoms with Crippen LogP contribution in [0.5, 0.6) is 0 Å². The Morgan fingerprint density at radius 2 is 1.59 bits per heavy atom. The van der Waals surface area contributed by atoms with Crippen LogP contribution in [0.25, 0.3) is 11.0 Å². The maximum absolute atomic E-state index is 12.8. The zero-order valence-corrected chi connectivity index (χ0v) is 18.2. The van der Waals surface area contributed by atoms with Gasteiger partial charge in [-0.3, -0.25) is 13.9 Å². The van der Waals surface area contributed by atoms with Crippen LogP contribution >= 0.6 is 0 Å². The van der Waals surface area contributed by atoms with Gasteiger partial charge in [0, 0.05) is 38.4 Å². The highest BCUT2D eigenvalue weighted by Crippen LogP contribution is 2.26. The van der Waals surface area contributed by atoms with E-state index in [0.29, 0.717) is 16.9 Å². The van der Waals surface area contributed by atoms with Crippen LogP contribution in [-0.2, 0) is 24.1 Å². The summed E-state index contributed by atoms with van der Waals surface area (Å²) in [5.74, 6) is -0.0324. The SMILES string of the molecule is Cc1cnc2c(c1Nc1ccc(S(=O)(=O)Nc3ncccn3)cc1)c(=O)n(C)c(=O)n2C. The predicted octanol–water partition coefficient (Wildman–Crippen LogP) is 1.28. The molecule has 3 heterocycles. The summed E-state index contributed by atoms with van der Waals surface area (Å²) in [4.78, 5) is 37.0. The largest absolute Gasteiger partial charge is 0.354 e. The first-order valence-corrected chi connectivity index (χ1v) is 10.9. The first-order valence-electron chi connectivity index (χ1n) is 9.41. The van der Waals surface area contributed by atoms with E-state index in [2.05, 4.69) is 25.0 Å². The molecule has 164 valence electrons. The van der Waals surface area contributed by atoms with Crippen molar-refractivity contribution in [3.8, 4) is 0 Å². The molecule has 0 fully saturated rings. The molecule has 12 heteroatoms. The molecule has 4 aromatic rings. The highest BCUT2D eigenvalue weighted by Gasteiger charge is 2.18. The predicted molar refractivity (Wildman–Crippen MR) is 120 cm³/mol. The Morgan fingerprint density at radius 1 is 0.938 bits per heavy atom. The Labute approximate surface area is 182 Å². The third-order valence-electron chi connectivity index (χ3n) is 4.88. The van der Waals surface area contributed by atoms with Gasteiger partial charge in [-0.25, -0.2) is 32.9 Å². The highest BCUT2D eigenvalue weighted by molar-refractivity contribution is 7.92. The van der Waals surface area contributed by atoms with Crippen molar-refractivity contribution >= 4 is 38.4 Å². The summed E-state index contributed by atoms with van der Waals surface area (Å²) >= 11 is 0. The molecule has 32 heavy (non-hydrogen) atoms. The van der Waals surface area contributed by atoms with Gasteiger partial charge in [0.1, 0.15) is 5.39 Å². The Bertz CT molecular complexity index is 1540. The van der Waals surface area contributed by atoms with Crippen LogP contribution in [0.1, 0.15) is 5.56 Å². The molecule has 0 unspecified atom stereocenters. The van der Waals surface area contributed by atoms with Crippen molar-refractivity contribution in [1.29, 1.82) is 0 Å². The van der Waals surface area contributed by atoms with Crippen LogP contribution in [0.4, 0.5) is 17.3 Å². The second-order valence-corrected chi connectivity index (χ2v) is 8.73.